The highest BCUT2D eigenvalue weighted by molar-refractivity contribution is 7.92. The fourth-order valence-corrected chi connectivity index (χ4v) is 3.33. The predicted octanol–water partition coefficient (Wildman–Crippen LogP) is 0.288. The lowest BCUT2D eigenvalue weighted by Crippen LogP contribution is -2.42. The number of benzene rings is 1. The molecule has 0 saturated carbocycles. The lowest BCUT2D eigenvalue weighted by atomic mass is 9.91. The van der Waals surface area contributed by atoms with Crippen molar-refractivity contribution in [2.45, 2.75) is 18.9 Å². The second-order valence-corrected chi connectivity index (χ2v) is 8.17. The van der Waals surface area contributed by atoms with Crippen LogP contribution < -0.4 is 4.31 Å². The molecule has 2 rings (SSSR count). The summed E-state index contributed by atoms with van der Waals surface area (Å²) in [7, 11) is -1.87. The first kappa shape index (κ1) is 18.7. The number of carbonyl (C=O) groups excluding carboxylic acids is 1. The number of piperidine rings is 1. The number of hydrogen-bond donors (Lipinski definition) is 2. The Labute approximate surface area is 142 Å². The van der Waals surface area contributed by atoms with Gasteiger partial charge in [0, 0.05) is 25.7 Å². The summed E-state index contributed by atoms with van der Waals surface area (Å²) in [6.45, 7) is 0.811. The molecule has 134 valence electrons. The first-order valence-electron chi connectivity index (χ1n) is 7.86. The largest absolute Gasteiger partial charge is 0.394 e. The molecule has 0 radical (unpaired) electrons. The minimum absolute atomic E-state index is 0.0184. The van der Waals surface area contributed by atoms with Crippen molar-refractivity contribution in [3.8, 4) is 0 Å². The number of aliphatic hydroxyl groups is 2. The molecule has 24 heavy (non-hydrogen) atoms. The van der Waals surface area contributed by atoms with Crippen LogP contribution in [0.5, 0.6) is 0 Å². The minimum atomic E-state index is -3.33. The number of rotatable bonds is 5. The van der Waals surface area contributed by atoms with Crippen molar-refractivity contribution in [1.82, 2.24) is 4.90 Å². The van der Waals surface area contributed by atoms with Crippen molar-refractivity contribution >= 4 is 21.6 Å². The van der Waals surface area contributed by atoms with Gasteiger partial charge in [0.2, 0.25) is 10.0 Å². The smallest absolute Gasteiger partial charge is 0.253 e. The zero-order valence-electron chi connectivity index (χ0n) is 13.9. The molecular weight excluding hydrogens is 332 g/mol. The highest BCUT2D eigenvalue weighted by Crippen LogP contribution is 2.23. The number of amides is 1. The molecule has 1 amide bonds. The van der Waals surface area contributed by atoms with Crippen LogP contribution >= 0.6 is 0 Å². The third-order valence-electron chi connectivity index (χ3n) is 4.53. The van der Waals surface area contributed by atoms with Gasteiger partial charge in [0.25, 0.3) is 5.91 Å². The number of carbonyl (C=O) groups is 1. The van der Waals surface area contributed by atoms with E-state index in [2.05, 4.69) is 0 Å². The minimum Gasteiger partial charge on any atom is -0.394 e. The van der Waals surface area contributed by atoms with E-state index in [1.165, 1.54) is 7.05 Å². The Hall–Kier alpha value is -1.64. The van der Waals surface area contributed by atoms with E-state index < -0.39 is 16.1 Å². The SMILES string of the molecule is CN(c1ccc(C(=O)N2CCC(C(O)CO)CC2)cc1)S(C)(=O)=O. The van der Waals surface area contributed by atoms with Gasteiger partial charge in [0.1, 0.15) is 0 Å². The molecule has 0 aromatic heterocycles. The van der Waals surface area contributed by atoms with E-state index in [9.17, 15) is 18.3 Å². The topological polar surface area (TPSA) is 98.2 Å². The van der Waals surface area contributed by atoms with Crippen molar-refractivity contribution < 1.29 is 23.4 Å². The molecular formula is C16H24N2O5S. The van der Waals surface area contributed by atoms with Gasteiger partial charge in [-0.25, -0.2) is 8.42 Å². The van der Waals surface area contributed by atoms with Crippen molar-refractivity contribution in [1.29, 1.82) is 0 Å². The zero-order chi connectivity index (χ0) is 17.9. The van der Waals surface area contributed by atoms with Crippen molar-refractivity contribution in [3.63, 3.8) is 0 Å². The number of aliphatic hydroxyl groups excluding tert-OH is 2. The van der Waals surface area contributed by atoms with Crippen LogP contribution in [0.2, 0.25) is 0 Å². The fraction of sp³-hybridized carbons (Fsp3) is 0.562. The van der Waals surface area contributed by atoms with Crippen LogP contribution in [0, 0.1) is 5.92 Å². The summed E-state index contributed by atoms with van der Waals surface area (Å²) in [6.07, 6.45) is 1.70. The highest BCUT2D eigenvalue weighted by Gasteiger charge is 2.27. The average molecular weight is 356 g/mol. The van der Waals surface area contributed by atoms with E-state index in [1.54, 1.807) is 29.2 Å². The van der Waals surface area contributed by atoms with Crippen LogP contribution in [0.3, 0.4) is 0 Å². The Morgan fingerprint density at radius 1 is 1.29 bits per heavy atom. The maximum absolute atomic E-state index is 12.5. The standard InChI is InChI=1S/C16H24N2O5S/c1-17(24(2,22)23)14-5-3-13(4-6-14)16(21)18-9-7-12(8-10-18)15(20)11-19/h3-6,12,15,19-20H,7-11H2,1-2H3. The van der Waals surface area contributed by atoms with Gasteiger partial charge in [-0.1, -0.05) is 0 Å². The van der Waals surface area contributed by atoms with Crippen LogP contribution in [0.15, 0.2) is 24.3 Å². The molecule has 0 aliphatic carbocycles. The van der Waals surface area contributed by atoms with Crippen LogP contribution in [0.4, 0.5) is 5.69 Å². The van der Waals surface area contributed by atoms with Gasteiger partial charge in [-0.15, -0.1) is 0 Å². The second-order valence-electron chi connectivity index (χ2n) is 6.16. The van der Waals surface area contributed by atoms with E-state index in [-0.39, 0.29) is 18.4 Å². The van der Waals surface area contributed by atoms with Gasteiger partial charge >= 0.3 is 0 Å². The maximum atomic E-state index is 12.5. The van der Waals surface area contributed by atoms with Crippen LogP contribution in [-0.4, -0.2) is 68.5 Å². The van der Waals surface area contributed by atoms with Crippen LogP contribution in [0.25, 0.3) is 0 Å². The molecule has 0 bridgehead atoms. The van der Waals surface area contributed by atoms with Gasteiger partial charge in [-0.05, 0) is 43.0 Å². The monoisotopic (exact) mass is 356 g/mol. The number of sulfonamides is 1. The Balaban J connectivity index is 2.01. The van der Waals surface area contributed by atoms with Gasteiger partial charge in [-0.3, -0.25) is 9.10 Å². The molecule has 0 spiro atoms. The van der Waals surface area contributed by atoms with E-state index in [1.807, 2.05) is 0 Å². The van der Waals surface area contributed by atoms with Crippen molar-refractivity contribution in [3.05, 3.63) is 29.8 Å². The predicted molar refractivity (Wildman–Crippen MR) is 91.4 cm³/mol. The van der Waals surface area contributed by atoms with E-state index in [0.29, 0.717) is 37.2 Å². The average Bonchev–Trinajstić information content (AvgIpc) is 2.59. The summed E-state index contributed by atoms with van der Waals surface area (Å²) in [6, 6.07) is 6.45. The molecule has 1 saturated heterocycles. The molecule has 1 atom stereocenters. The van der Waals surface area contributed by atoms with E-state index in [4.69, 9.17) is 5.11 Å². The van der Waals surface area contributed by atoms with E-state index >= 15 is 0 Å². The third-order valence-corrected chi connectivity index (χ3v) is 5.74. The van der Waals surface area contributed by atoms with Crippen molar-refractivity contribution in [2.75, 3.05) is 37.3 Å². The van der Waals surface area contributed by atoms with Gasteiger partial charge in [-0.2, -0.15) is 0 Å². The Kier molecular flexibility index (Phi) is 5.84. The zero-order valence-corrected chi connectivity index (χ0v) is 14.7. The number of anilines is 1. The lowest BCUT2D eigenvalue weighted by Gasteiger charge is -2.33. The summed E-state index contributed by atoms with van der Waals surface area (Å²) in [5.74, 6) is -0.0923. The molecule has 2 N–H and O–H groups in total. The summed E-state index contributed by atoms with van der Waals surface area (Å²) in [5, 5.41) is 18.7. The molecule has 7 nitrogen and oxygen atoms in total. The summed E-state index contributed by atoms with van der Waals surface area (Å²) in [4.78, 5) is 14.2. The molecule has 1 aromatic carbocycles. The lowest BCUT2D eigenvalue weighted by molar-refractivity contribution is 0.0179. The Morgan fingerprint density at radius 3 is 2.29 bits per heavy atom. The Morgan fingerprint density at radius 2 is 1.83 bits per heavy atom. The molecule has 8 heteroatoms. The normalized spacial score (nSPS) is 17.6. The third kappa shape index (κ3) is 4.25. The molecule has 1 unspecified atom stereocenters. The molecule has 1 aliphatic heterocycles. The summed E-state index contributed by atoms with van der Waals surface area (Å²) in [5.41, 5.74) is 1.00. The molecule has 1 heterocycles. The highest BCUT2D eigenvalue weighted by atomic mass is 32.2. The van der Waals surface area contributed by atoms with Crippen LogP contribution in [0.1, 0.15) is 23.2 Å². The van der Waals surface area contributed by atoms with Crippen LogP contribution in [-0.2, 0) is 10.0 Å². The summed E-state index contributed by atoms with van der Waals surface area (Å²) >= 11 is 0. The fourth-order valence-electron chi connectivity index (χ4n) is 2.82. The number of nitrogens with zero attached hydrogens (tertiary/aromatic N) is 2. The van der Waals surface area contributed by atoms with Gasteiger partial charge in [0.05, 0.1) is 24.7 Å². The van der Waals surface area contributed by atoms with Gasteiger partial charge in [0.15, 0.2) is 0 Å². The Bertz CT molecular complexity index is 666. The molecule has 1 aromatic rings. The quantitative estimate of drug-likeness (QED) is 0.790. The van der Waals surface area contributed by atoms with E-state index in [0.717, 1.165) is 10.6 Å². The summed E-state index contributed by atoms with van der Waals surface area (Å²) < 4.78 is 24.2. The molecule has 1 fully saturated rings. The first-order chi connectivity index (χ1) is 11.2. The number of likely N-dealkylation sites (tertiary alicyclic amines) is 1. The maximum Gasteiger partial charge on any atom is 0.253 e. The second kappa shape index (κ2) is 7.50. The van der Waals surface area contributed by atoms with Gasteiger partial charge < -0.3 is 15.1 Å². The number of hydrogen-bond acceptors (Lipinski definition) is 5. The molecule has 1 aliphatic rings. The first-order valence-corrected chi connectivity index (χ1v) is 9.71. The van der Waals surface area contributed by atoms with Crippen molar-refractivity contribution in [2.24, 2.45) is 5.92 Å².